The molecule has 0 saturated carbocycles. The van der Waals surface area contributed by atoms with Crippen molar-refractivity contribution >= 4 is 33.3 Å². The molecule has 2 aromatic carbocycles. The van der Waals surface area contributed by atoms with Crippen molar-refractivity contribution in [3.63, 3.8) is 0 Å². The van der Waals surface area contributed by atoms with E-state index >= 15 is 0 Å². The highest BCUT2D eigenvalue weighted by Gasteiger charge is 2.21. The minimum Gasteiger partial charge on any atom is -0.399 e. The Morgan fingerprint density at radius 2 is 1.93 bits per heavy atom. The summed E-state index contributed by atoms with van der Waals surface area (Å²) in [6.45, 7) is 1.87. The summed E-state index contributed by atoms with van der Waals surface area (Å²) in [7, 11) is 0. The predicted octanol–water partition coefficient (Wildman–Crippen LogP) is 4.08. The number of hydrogen-bond acceptors (Lipinski definition) is 4. The largest absolute Gasteiger partial charge is 0.399 e. The smallest absolute Gasteiger partial charge is 0.229 e. The van der Waals surface area contributed by atoms with Crippen molar-refractivity contribution < 1.29 is 4.79 Å². The van der Waals surface area contributed by atoms with Crippen LogP contribution in [0.3, 0.4) is 0 Å². The number of nitrogens with one attached hydrogen (secondary N) is 1. The van der Waals surface area contributed by atoms with Gasteiger partial charge < -0.3 is 11.1 Å². The first-order valence-electron chi connectivity index (χ1n) is 8.80. The molecule has 3 aromatic rings. The van der Waals surface area contributed by atoms with E-state index in [1.165, 1.54) is 5.56 Å². The van der Waals surface area contributed by atoms with Crippen molar-refractivity contribution in [1.82, 2.24) is 9.97 Å². The molecule has 1 heterocycles. The van der Waals surface area contributed by atoms with Crippen LogP contribution in [0.1, 0.15) is 22.5 Å². The molecule has 0 radical (unpaired) electrons. The number of nitrogens with zero attached hydrogens (tertiary/aromatic N) is 2. The van der Waals surface area contributed by atoms with Gasteiger partial charge in [0.2, 0.25) is 5.91 Å². The van der Waals surface area contributed by atoms with Gasteiger partial charge in [-0.15, -0.1) is 0 Å². The van der Waals surface area contributed by atoms with E-state index in [2.05, 4.69) is 21.2 Å². The Kier molecular flexibility index (Phi) is 4.66. The molecule has 1 amide bonds. The lowest BCUT2D eigenvalue weighted by Gasteiger charge is -2.20. The molecular weight excluding hydrogens is 404 g/mol. The lowest BCUT2D eigenvalue weighted by molar-refractivity contribution is -0.115. The normalized spacial score (nSPS) is 12.2. The molecular formula is C21H19BrN4O. The minimum atomic E-state index is -0.0985. The van der Waals surface area contributed by atoms with Gasteiger partial charge in [0, 0.05) is 15.7 Å². The third-order valence-electron chi connectivity index (χ3n) is 4.69. The summed E-state index contributed by atoms with van der Waals surface area (Å²) < 4.78 is 0.991. The molecule has 3 N–H and O–H groups in total. The molecule has 0 fully saturated rings. The summed E-state index contributed by atoms with van der Waals surface area (Å²) in [6.07, 6.45) is 1.96. The molecule has 1 aromatic heterocycles. The average molecular weight is 423 g/mol. The van der Waals surface area contributed by atoms with Gasteiger partial charge in [-0.1, -0.05) is 34.1 Å². The van der Waals surface area contributed by atoms with Gasteiger partial charge in [0.15, 0.2) is 5.82 Å². The second-order valence-electron chi connectivity index (χ2n) is 6.72. The highest BCUT2D eigenvalue weighted by molar-refractivity contribution is 9.10. The van der Waals surface area contributed by atoms with Crippen molar-refractivity contribution in [2.75, 3.05) is 11.1 Å². The van der Waals surface area contributed by atoms with Crippen LogP contribution in [0.5, 0.6) is 0 Å². The lowest BCUT2D eigenvalue weighted by Crippen LogP contribution is -2.19. The van der Waals surface area contributed by atoms with Crippen molar-refractivity contribution in [3.05, 3.63) is 69.5 Å². The first kappa shape index (κ1) is 17.7. The average Bonchev–Trinajstić information content (AvgIpc) is 2.64. The number of benzene rings is 2. The number of aromatic nitrogens is 2. The van der Waals surface area contributed by atoms with E-state index in [9.17, 15) is 4.79 Å². The number of fused-ring (bicyclic) bond motifs is 3. The van der Waals surface area contributed by atoms with Gasteiger partial charge in [0.05, 0.1) is 23.5 Å². The Bertz CT molecular complexity index is 1030. The number of aryl methyl sites for hydroxylation is 3. The quantitative estimate of drug-likeness (QED) is 0.623. The minimum absolute atomic E-state index is 0.0985. The zero-order valence-electron chi connectivity index (χ0n) is 14.9. The van der Waals surface area contributed by atoms with Crippen LogP contribution in [0.25, 0.3) is 11.3 Å². The van der Waals surface area contributed by atoms with Crippen molar-refractivity contribution in [2.24, 2.45) is 0 Å². The molecule has 0 unspecified atom stereocenters. The molecule has 1 aliphatic rings. The van der Waals surface area contributed by atoms with Gasteiger partial charge in [0.1, 0.15) is 0 Å². The van der Waals surface area contributed by atoms with E-state index in [0.29, 0.717) is 17.9 Å². The zero-order valence-corrected chi connectivity index (χ0v) is 16.5. The van der Waals surface area contributed by atoms with E-state index in [0.717, 1.165) is 45.5 Å². The monoisotopic (exact) mass is 422 g/mol. The molecule has 4 rings (SSSR count). The molecule has 0 bridgehead atoms. The molecule has 0 saturated heterocycles. The predicted molar refractivity (Wildman–Crippen MR) is 111 cm³/mol. The number of carbonyl (C=O) groups is 1. The van der Waals surface area contributed by atoms with E-state index in [1.54, 1.807) is 0 Å². The van der Waals surface area contributed by atoms with Gasteiger partial charge in [-0.2, -0.15) is 0 Å². The van der Waals surface area contributed by atoms with Gasteiger partial charge in [-0.3, -0.25) is 4.79 Å². The SMILES string of the molecule is Cc1nc2c(nc1NC(=O)Cc1ccc(Br)cc1)CCc1cc(N)ccc1-2. The van der Waals surface area contributed by atoms with Crippen LogP contribution < -0.4 is 11.1 Å². The van der Waals surface area contributed by atoms with Crippen LogP contribution >= 0.6 is 15.9 Å². The number of amides is 1. The number of nitrogens with two attached hydrogens (primary N) is 1. The second kappa shape index (κ2) is 7.12. The number of carbonyl (C=O) groups excluding carboxylic acids is 1. The Labute approximate surface area is 166 Å². The fourth-order valence-electron chi connectivity index (χ4n) is 3.33. The molecule has 0 aliphatic heterocycles. The van der Waals surface area contributed by atoms with Gasteiger partial charge in [0.25, 0.3) is 0 Å². The number of anilines is 2. The number of hydrogen-bond donors (Lipinski definition) is 2. The Morgan fingerprint density at radius 1 is 1.15 bits per heavy atom. The molecule has 0 spiro atoms. The summed E-state index contributed by atoms with van der Waals surface area (Å²) >= 11 is 3.40. The summed E-state index contributed by atoms with van der Waals surface area (Å²) in [5.74, 6) is 0.438. The summed E-state index contributed by atoms with van der Waals surface area (Å²) in [5.41, 5.74) is 12.4. The van der Waals surface area contributed by atoms with Crippen molar-refractivity contribution in [2.45, 2.75) is 26.2 Å². The topological polar surface area (TPSA) is 80.9 Å². The standard InChI is InChI=1S/C21H19BrN4O/c1-12-21(26-19(27)10-13-2-5-15(22)6-3-13)25-18-9-4-14-11-16(23)7-8-17(14)20(18)24-12/h2-3,5-8,11H,4,9-10,23H2,1H3,(H,25,26,27). The van der Waals surface area contributed by atoms with E-state index < -0.39 is 0 Å². The number of nitrogen functional groups attached to an aromatic ring is 1. The number of halogens is 1. The van der Waals surface area contributed by atoms with Crippen LogP contribution in [-0.2, 0) is 24.1 Å². The van der Waals surface area contributed by atoms with Gasteiger partial charge in [-0.05, 0) is 55.2 Å². The van der Waals surface area contributed by atoms with Crippen molar-refractivity contribution in [1.29, 1.82) is 0 Å². The van der Waals surface area contributed by atoms with Gasteiger partial charge >= 0.3 is 0 Å². The summed E-state index contributed by atoms with van der Waals surface area (Å²) in [4.78, 5) is 21.8. The van der Waals surface area contributed by atoms with Crippen LogP contribution in [0.15, 0.2) is 46.9 Å². The third-order valence-corrected chi connectivity index (χ3v) is 5.22. The zero-order chi connectivity index (χ0) is 19.0. The van der Waals surface area contributed by atoms with Crippen LogP contribution in [0.2, 0.25) is 0 Å². The third kappa shape index (κ3) is 3.71. The number of rotatable bonds is 3. The molecule has 6 heteroatoms. The Balaban J connectivity index is 1.57. The first-order chi connectivity index (χ1) is 13.0. The highest BCUT2D eigenvalue weighted by atomic mass is 79.9. The fraction of sp³-hybridized carbons (Fsp3) is 0.190. The van der Waals surface area contributed by atoms with E-state index in [1.807, 2.05) is 49.4 Å². The molecule has 136 valence electrons. The highest BCUT2D eigenvalue weighted by Crippen LogP contribution is 2.33. The molecule has 0 atom stereocenters. The molecule has 27 heavy (non-hydrogen) atoms. The molecule has 1 aliphatic carbocycles. The first-order valence-corrected chi connectivity index (χ1v) is 9.59. The van der Waals surface area contributed by atoms with Crippen LogP contribution in [-0.4, -0.2) is 15.9 Å². The van der Waals surface area contributed by atoms with Crippen LogP contribution in [0.4, 0.5) is 11.5 Å². The molecule has 5 nitrogen and oxygen atoms in total. The maximum absolute atomic E-state index is 12.4. The van der Waals surface area contributed by atoms with E-state index in [-0.39, 0.29) is 5.91 Å². The second-order valence-corrected chi connectivity index (χ2v) is 7.64. The maximum atomic E-state index is 12.4. The van der Waals surface area contributed by atoms with Crippen LogP contribution in [0, 0.1) is 6.92 Å². The summed E-state index contributed by atoms with van der Waals surface area (Å²) in [6, 6.07) is 13.6. The lowest BCUT2D eigenvalue weighted by atomic mass is 9.91. The fourth-order valence-corrected chi connectivity index (χ4v) is 3.60. The Hall–Kier alpha value is -2.73. The van der Waals surface area contributed by atoms with Crippen molar-refractivity contribution in [3.8, 4) is 11.3 Å². The summed E-state index contributed by atoms with van der Waals surface area (Å²) in [5, 5.41) is 2.91. The maximum Gasteiger partial charge on any atom is 0.229 e. The van der Waals surface area contributed by atoms with E-state index in [4.69, 9.17) is 15.7 Å². The Morgan fingerprint density at radius 3 is 2.70 bits per heavy atom. The van der Waals surface area contributed by atoms with Gasteiger partial charge in [-0.25, -0.2) is 9.97 Å².